The van der Waals surface area contributed by atoms with Crippen molar-refractivity contribution in [2.45, 2.75) is 63.5 Å². The first-order valence-electron chi connectivity index (χ1n) is 11.3. The molecule has 1 fully saturated rings. The van der Waals surface area contributed by atoms with E-state index in [4.69, 9.17) is 33.2 Å². The molecule has 0 saturated heterocycles. The Morgan fingerprint density at radius 1 is 1.03 bits per heavy atom. The standard InChI is InChI=1S/C23H30Cl2N6O/c1-31(2)21-17-5-3-4-6-19(17)28-22(30-21)26-15-8-10-16(11-9-15)27-23(32)29-20-12-7-14(24)13-18(20)25/h7,12-13,15-16H,3-6,8-11H2,1-2H3,(H,26,28,30)(H2,27,29,32). The summed E-state index contributed by atoms with van der Waals surface area (Å²) in [6.07, 6.45) is 8.17. The molecule has 172 valence electrons. The van der Waals surface area contributed by atoms with Crippen LogP contribution in [0.5, 0.6) is 0 Å². The fourth-order valence-electron chi connectivity index (χ4n) is 4.51. The quantitative estimate of drug-likeness (QED) is 0.547. The first-order valence-corrected chi connectivity index (χ1v) is 12.0. The molecule has 9 heteroatoms. The van der Waals surface area contributed by atoms with E-state index in [1.807, 2.05) is 14.1 Å². The molecule has 32 heavy (non-hydrogen) atoms. The largest absolute Gasteiger partial charge is 0.362 e. The SMILES string of the molecule is CN(C)c1nc(NC2CCC(NC(=O)Nc3ccc(Cl)cc3Cl)CC2)nc2c1CCCC2. The second-order valence-corrected chi connectivity index (χ2v) is 9.66. The van der Waals surface area contributed by atoms with Gasteiger partial charge in [0.25, 0.3) is 0 Å². The van der Waals surface area contributed by atoms with Crippen LogP contribution < -0.4 is 20.9 Å². The number of carbonyl (C=O) groups is 1. The zero-order valence-corrected chi connectivity index (χ0v) is 20.1. The van der Waals surface area contributed by atoms with Crippen LogP contribution in [-0.2, 0) is 12.8 Å². The summed E-state index contributed by atoms with van der Waals surface area (Å²) in [5.74, 6) is 1.76. The summed E-state index contributed by atoms with van der Waals surface area (Å²) in [7, 11) is 4.08. The van der Waals surface area contributed by atoms with E-state index in [9.17, 15) is 4.79 Å². The summed E-state index contributed by atoms with van der Waals surface area (Å²) in [5.41, 5.74) is 3.03. The number of amides is 2. The van der Waals surface area contributed by atoms with Crippen LogP contribution in [0.1, 0.15) is 49.8 Å². The van der Waals surface area contributed by atoms with Crippen LogP contribution in [0.4, 0.5) is 22.2 Å². The summed E-state index contributed by atoms with van der Waals surface area (Å²) in [4.78, 5) is 24.1. The summed E-state index contributed by atoms with van der Waals surface area (Å²) < 4.78 is 0. The molecule has 1 heterocycles. The summed E-state index contributed by atoms with van der Waals surface area (Å²) >= 11 is 12.0. The average molecular weight is 477 g/mol. The van der Waals surface area contributed by atoms with Gasteiger partial charge in [0.1, 0.15) is 5.82 Å². The lowest BCUT2D eigenvalue weighted by molar-refractivity contribution is 0.243. The van der Waals surface area contributed by atoms with Gasteiger partial charge in [0.15, 0.2) is 0 Å². The smallest absolute Gasteiger partial charge is 0.319 e. The Kier molecular flexibility index (Phi) is 7.26. The molecule has 0 bridgehead atoms. The van der Waals surface area contributed by atoms with Gasteiger partial charge in [0, 0.05) is 36.8 Å². The van der Waals surface area contributed by atoms with Gasteiger partial charge in [-0.1, -0.05) is 23.2 Å². The molecule has 2 amide bonds. The predicted octanol–water partition coefficient (Wildman–Crippen LogP) is 5.27. The van der Waals surface area contributed by atoms with Crippen molar-refractivity contribution in [3.63, 3.8) is 0 Å². The maximum absolute atomic E-state index is 12.4. The highest BCUT2D eigenvalue weighted by Gasteiger charge is 2.25. The molecule has 0 radical (unpaired) electrons. The van der Waals surface area contributed by atoms with Crippen molar-refractivity contribution in [2.24, 2.45) is 0 Å². The van der Waals surface area contributed by atoms with E-state index in [0.29, 0.717) is 21.8 Å². The zero-order chi connectivity index (χ0) is 22.7. The second-order valence-electron chi connectivity index (χ2n) is 8.81. The highest BCUT2D eigenvalue weighted by atomic mass is 35.5. The summed E-state index contributed by atoms with van der Waals surface area (Å²) in [6, 6.07) is 5.19. The minimum Gasteiger partial charge on any atom is -0.362 e. The Balaban J connectivity index is 1.30. The summed E-state index contributed by atoms with van der Waals surface area (Å²) in [5, 5.41) is 10.4. The third kappa shape index (κ3) is 5.56. The van der Waals surface area contributed by atoms with Crippen molar-refractivity contribution in [1.82, 2.24) is 15.3 Å². The molecule has 2 aliphatic carbocycles. The van der Waals surface area contributed by atoms with Gasteiger partial charge < -0.3 is 20.9 Å². The highest BCUT2D eigenvalue weighted by Crippen LogP contribution is 2.30. The zero-order valence-electron chi connectivity index (χ0n) is 18.5. The Labute approximate surface area is 199 Å². The second kappa shape index (κ2) is 10.1. The number of fused-ring (bicyclic) bond motifs is 1. The van der Waals surface area contributed by atoms with E-state index >= 15 is 0 Å². The van der Waals surface area contributed by atoms with Gasteiger partial charge in [-0.2, -0.15) is 4.98 Å². The number of halogens is 2. The van der Waals surface area contributed by atoms with Crippen LogP contribution in [0.2, 0.25) is 10.0 Å². The van der Waals surface area contributed by atoms with Gasteiger partial charge in [0.2, 0.25) is 5.95 Å². The minimum absolute atomic E-state index is 0.126. The third-order valence-electron chi connectivity index (χ3n) is 6.16. The maximum atomic E-state index is 12.4. The van der Waals surface area contributed by atoms with Crippen molar-refractivity contribution in [3.8, 4) is 0 Å². The molecule has 0 unspecified atom stereocenters. The Hall–Kier alpha value is -2.25. The van der Waals surface area contributed by atoms with E-state index in [-0.39, 0.29) is 12.1 Å². The number of aromatic nitrogens is 2. The van der Waals surface area contributed by atoms with Crippen molar-refractivity contribution >= 4 is 46.7 Å². The number of anilines is 3. The Morgan fingerprint density at radius 3 is 2.47 bits per heavy atom. The molecule has 4 rings (SSSR count). The maximum Gasteiger partial charge on any atom is 0.319 e. The van der Waals surface area contributed by atoms with Gasteiger partial charge in [0.05, 0.1) is 16.4 Å². The molecule has 7 nitrogen and oxygen atoms in total. The number of benzene rings is 1. The number of rotatable bonds is 5. The topological polar surface area (TPSA) is 82.2 Å². The number of carbonyl (C=O) groups excluding carboxylic acids is 1. The lowest BCUT2D eigenvalue weighted by atomic mass is 9.91. The predicted molar refractivity (Wildman–Crippen MR) is 131 cm³/mol. The number of aryl methyl sites for hydroxylation is 1. The number of nitrogens with one attached hydrogen (secondary N) is 3. The van der Waals surface area contributed by atoms with Gasteiger partial charge in [-0.15, -0.1) is 0 Å². The number of urea groups is 1. The third-order valence-corrected chi connectivity index (χ3v) is 6.71. The highest BCUT2D eigenvalue weighted by molar-refractivity contribution is 6.36. The average Bonchev–Trinajstić information content (AvgIpc) is 2.76. The van der Waals surface area contributed by atoms with E-state index in [1.165, 1.54) is 24.1 Å². The van der Waals surface area contributed by atoms with Crippen LogP contribution in [0.15, 0.2) is 18.2 Å². The van der Waals surface area contributed by atoms with Gasteiger partial charge in [-0.05, 0) is 69.6 Å². The molecule has 1 saturated carbocycles. The van der Waals surface area contributed by atoms with Crippen molar-refractivity contribution in [1.29, 1.82) is 0 Å². The van der Waals surface area contributed by atoms with Gasteiger partial charge in [-0.25, -0.2) is 9.78 Å². The fraction of sp³-hybridized carbons (Fsp3) is 0.522. The lowest BCUT2D eigenvalue weighted by Crippen LogP contribution is -2.42. The Bertz CT molecular complexity index is 975. The Morgan fingerprint density at radius 2 is 1.75 bits per heavy atom. The lowest BCUT2D eigenvalue weighted by Gasteiger charge is -2.30. The molecule has 1 aromatic carbocycles. The van der Waals surface area contributed by atoms with Crippen LogP contribution in [-0.4, -0.2) is 42.2 Å². The number of hydrogen-bond acceptors (Lipinski definition) is 5. The molecule has 3 N–H and O–H groups in total. The molecular formula is C23H30Cl2N6O. The van der Waals surface area contributed by atoms with E-state index < -0.39 is 0 Å². The van der Waals surface area contributed by atoms with E-state index in [2.05, 4.69) is 20.9 Å². The van der Waals surface area contributed by atoms with Gasteiger partial charge in [-0.3, -0.25) is 0 Å². The minimum atomic E-state index is -0.251. The number of nitrogens with zero attached hydrogens (tertiary/aromatic N) is 3. The fourth-order valence-corrected chi connectivity index (χ4v) is 4.96. The van der Waals surface area contributed by atoms with E-state index in [1.54, 1.807) is 18.2 Å². The van der Waals surface area contributed by atoms with Crippen molar-refractivity contribution in [2.75, 3.05) is 29.6 Å². The first kappa shape index (κ1) is 22.9. The molecule has 0 spiro atoms. The van der Waals surface area contributed by atoms with Crippen LogP contribution >= 0.6 is 23.2 Å². The molecule has 0 aliphatic heterocycles. The normalized spacial score (nSPS) is 20.2. The van der Waals surface area contributed by atoms with Crippen molar-refractivity contribution < 1.29 is 4.79 Å². The van der Waals surface area contributed by atoms with Crippen molar-refractivity contribution in [3.05, 3.63) is 39.5 Å². The summed E-state index contributed by atoms with van der Waals surface area (Å²) in [6.45, 7) is 0. The van der Waals surface area contributed by atoms with Gasteiger partial charge >= 0.3 is 6.03 Å². The molecular weight excluding hydrogens is 447 g/mol. The first-order chi connectivity index (χ1) is 15.4. The molecule has 2 aliphatic rings. The molecule has 0 atom stereocenters. The van der Waals surface area contributed by atoms with Crippen LogP contribution in [0.3, 0.4) is 0 Å². The monoisotopic (exact) mass is 476 g/mol. The number of hydrogen-bond donors (Lipinski definition) is 3. The molecule has 1 aromatic heterocycles. The van der Waals surface area contributed by atoms with E-state index in [0.717, 1.165) is 50.3 Å². The van der Waals surface area contributed by atoms with Crippen LogP contribution in [0, 0.1) is 0 Å². The molecule has 2 aromatic rings. The van der Waals surface area contributed by atoms with Crippen LogP contribution in [0.25, 0.3) is 0 Å².